The molecule has 4 rings (SSSR count). The number of nitrogens with zero attached hydrogens (tertiary/aromatic N) is 2. The summed E-state index contributed by atoms with van der Waals surface area (Å²) in [6, 6.07) is 6.37. The van der Waals surface area contributed by atoms with Crippen molar-refractivity contribution in [3.63, 3.8) is 0 Å². The summed E-state index contributed by atoms with van der Waals surface area (Å²) in [7, 11) is 0. The SMILES string of the molecule is C[C@H]1C[C@@H](NC(=O)CC2CC2(F)F)CN(c2ccc(C(F)F)c3ncccc23)C1. The summed E-state index contributed by atoms with van der Waals surface area (Å²) in [4.78, 5) is 18.4. The van der Waals surface area contributed by atoms with E-state index in [0.29, 0.717) is 18.5 Å². The van der Waals surface area contributed by atoms with Crippen LogP contribution < -0.4 is 10.2 Å². The molecule has 2 fully saturated rings. The predicted octanol–water partition coefficient (Wildman–Crippen LogP) is 4.55. The van der Waals surface area contributed by atoms with Crippen LogP contribution in [0.1, 0.15) is 38.2 Å². The molecule has 1 unspecified atom stereocenters. The molecule has 29 heavy (non-hydrogen) atoms. The average Bonchev–Trinajstić information content (AvgIpc) is 3.25. The Hall–Kier alpha value is -2.38. The zero-order chi connectivity index (χ0) is 20.8. The van der Waals surface area contributed by atoms with Crippen molar-refractivity contribution in [2.75, 3.05) is 18.0 Å². The molecule has 0 spiro atoms. The summed E-state index contributed by atoms with van der Waals surface area (Å²) in [6.45, 7) is 3.26. The average molecular weight is 409 g/mol. The number of anilines is 1. The van der Waals surface area contributed by atoms with Crippen molar-refractivity contribution >= 4 is 22.5 Å². The van der Waals surface area contributed by atoms with Crippen LogP contribution in [-0.2, 0) is 4.79 Å². The number of fused-ring (bicyclic) bond motifs is 1. The highest BCUT2D eigenvalue weighted by Crippen LogP contribution is 2.50. The van der Waals surface area contributed by atoms with E-state index in [0.717, 1.165) is 12.1 Å². The van der Waals surface area contributed by atoms with Gasteiger partial charge in [0.1, 0.15) is 0 Å². The van der Waals surface area contributed by atoms with Crippen molar-refractivity contribution in [1.29, 1.82) is 0 Å². The Morgan fingerprint density at radius 2 is 2.07 bits per heavy atom. The Bertz CT molecular complexity index is 920. The van der Waals surface area contributed by atoms with Crippen LogP contribution in [0.15, 0.2) is 30.5 Å². The summed E-state index contributed by atoms with van der Waals surface area (Å²) >= 11 is 0. The molecule has 3 atom stereocenters. The number of nitrogens with one attached hydrogen (secondary N) is 1. The number of carbonyl (C=O) groups is 1. The number of benzene rings is 1. The monoisotopic (exact) mass is 409 g/mol. The van der Waals surface area contributed by atoms with Crippen molar-refractivity contribution in [3.8, 4) is 0 Å². The molecule has 1 aliphatic heterocycles. The first kappa shape index (κ1) is 19.9. The quantitative estimate of drug-likeness (QED) is 0.737. The van der Waals surface area contributed by atoms with Crippen LogP contribution in [0.5, 0.6) is 0 Å². The number of carbonyl (C=O) groups excluding carboxylic acids is 1. The zero-order valence-electron chi connectivity index (χ0n) is 16.0. The maximum atomic E-state index is 13.3. The Labute approximate surface area is 166 Å². The summed E-state index contributed by atoms with van der Waals surface area (Å²) in [5, 5.41) is 3.53. The second-order valence-corrected chi connectivity index (χ2v) is 8.25. The highest BCUT2D eigenvalue weighted by Gasteiger charge is 2.57. The van der Waals surface area contributed by atoms with Gasteiger partial charge in [-0.05, 0) is 36.6 Å². The Morgan fingerprint density at radius 3 is 2.76 bits per heavy atom. The van der Waals surface area contributed by atoms with Crippen LogP contribution in [-0.4, -0.2) is 35.9 Å². The molecule has 8 heteroatoms. The van der Waals surface area contributed by atoms with Crippen molar-refractivity contribution in [3.05, 3.63) is 36.0 Å². The minimum Gasteiger partial charge on any atom is -0.369 e. The second kappa shape index (κ2) is 7.46. The number of halogens is 4. The fourth-order valence-electron chi connectivity index (χ4n) is 4.29. The summed E-state index contributed by atoms with van der Waals surface area (Å²) in [6.07, 6.45) is -0.756. The molecule has 4 nitrogen and oxygen atoms in total. The van der Waals surface area contributed by atoms with Gasteiger partial charge in [0.15, 0.2) is 0 Å². The first-order valence-electron chi connectivity index (χ1n) is 9.82. The number of amides is 1. The van der Waals surface area contributed by atoms with E-state index in [9.17, 15) is 22.4 Å². The van der Waals surface area contributed by atoms with Gasteiger partial charge < -0.3 is 10.2 Å². The van der Waals surface area contributed by atoms with Crippen molar-refractivity contribution in [2.24, 2.45) is 11.8 Å². The van der Waals surface area contributed by atoms with E-state index in [4.69, 9.17) is 0 Å². The molecular weight excluding hydrogens is 386 g/mol. The molecule has 1 saturated carbocycles. The molecule has 2 aromatic rings. The maximum absolute atomic E-state index is 13.3. The van der Waals surface area contributed by atoms with Gasteiger partial charge in [0.2, 0.25) is 5.91 Å². The molecule has 2 aliphatic rings. The molecule has 2 heterocycles. The standard InChI is InChI=1S/C21H23F4N3O/c1-12-7-14(27-18(29)8-13-9-21(13,24)25)11-28(10-12)17-5-4-16(20(22)23)19-15(17)3-2-6-26-19/h2-6,12-14,20H,7-11H2,1H3,(H,27,29)/t12-,13?,14+/m0/s1. The lowest BCUT2D eigenvalue weighted by atomic mass is 9.94. The highest BCUT2D eigenvalue weighted by molar-refractivity contribution is 5.94. The van der Waals surface area contributed by atoms with E-state index >= 15 is 0 Å². The van der Waals surface area contributed by atoms with Gasteiger partial charge in [0.05, 0.1) is 5.52 Å². The van der Waals surface area contributed by atoms with Crippen molar-refractivity contribution in [1.82, 2.24) is 10.3 Å². The number of hydrogen-bond acceptors (Lipinski definition) is 3. The number of aromatic nitrogens is 1. The number of piperidine rings is 1. The molecule has 0 radical (unpaired) electrons. The van der Waals surface area contributed by atoms with Gasteiger partial charge in [-0.2, -0.15) is 0 Å². The Morgan fingerprint density at radius 1 is 1.31 bits per heavy atom. The second-order valence-electron chi connectivity index (χ2n) is 8.25. The lowest BCUT2D eigenvalue weighted by Crippen LogP contribution is -2.50. The molecular formula is C21H23F4N3O. The smallest absolute Gasteiger partial charge is 0.265 e. The van der Waals surface area contributed by atoms with Crippen molar-refractivity contribution < 1.29 is 22.4 Å². The molecule has 1 aromatic heterocycles. The van der Waals surface area contributed by atoms with Gasteiger partial charge in [0, 0.05) is 60.7 Å². The number of alkyl halides is 4. The van der Waals surface area contributed by atoms with Crippen LogP contribution in [0.3, 0.4) is 0 Å². The number of hydrogen-bond donors (Lipinski definition) is 1. The van der Waals surface area contributed by atoms with E-state index in [2.05, 4.69) is 15.2 Å². The molecule has 1 saturated heterocycles. The van der Waals surface area contributed by atoms with Crippen LogP contribution in [0.2, 0.25) is 0 Å². The predicted molar refractivity (Wildman–Crippen MR) is 102 cm³/mol. The zero-order valence-corrected chi connectivity index (χ0v) is 16.0. The molecule has 1 N–H and O–H groups in total. The number of rotatable bonds is 5. The van der Waals surface area contributed by atoms with Gasteiger partial charge in [-0.1, -0.05) is 6.92 Å². The first-order chi connectivity index (χ1) is 13.7. The van der Waals surface area contributed by atoms with E-state index < -0.39 is 18.3 Å². The Kier molecular flexibility index (Phi) is 5.12. The molecule has 0 bridgehead atoms. The third kappa shape index (κ3) is 4.16. The Balaban J connectivity index is 1.53. The van der Waals surface area contributed by atoms with Crippen LogP contribution in [0, 0.1) is 11.8 Å². The maximum Gasteiger partial charge on any atom is 0.265 e. The van der Waals surface area contributed by atoms with Crippen LogP contribution >= 0.6 is 0 Å². The summed E-state index contributed by atoms with van der Waals surface area (Å²) in [5.41, 5.74) is 0.955. The van der Waals surface area contributed by atoms with E-state index in [-0.39, 0.29) is 41.8 Å². The van der Waals surface area contributed by atoms with E-state index in [1.807, 2.05) is 6.92 Å². The highest BCUT2D eigenvalue weighted by atomic mass is 19.3. The minimum absolute atomic E-state index is 0.107. The van der Waals surface area contributed by atoms with Gasteiger partial charge >= 0.3 is 0 Å². The molecule has 1 amide bonds. The van der Waals surface area contributed by atoms with Crippen molar-refractivity contribution in [2.45, 2.75) is 44.6 Å². The normalized spacial score (nSPS) is 26.0. The molecule has 156 valence electrons. The molecule has 1 aromatic carbocycles. The van der Waals surface area contributed by atoms with Crippen LogP contribution in [0.25, 0.3) is 10.9 Å². The lowest BCUT2D eigenvalue weighted by molar-refractivity contribution is -0.122. The summed E-state index contributed by atoms with van der Waals surface area (Å²) < 4.78 is 52.8. The van der Waals surface area contributed by atoms with E-state index in [1.165, 1.54) is 12.3 Å². The van der Waals surface area contributed by atoms with E-state index in [1.54, 1.807) is 18.2 Å². The molecule has 1 aliphatic carbocycles. The lowest BCUT2D eigenvalue weighted by Gasteiger charge is -2.39. The van der Waals surface area contributed by atoms with Crippen LogP contribution in [0.4, 0.5) is 23.2 Å². The first-order valence-corrected chi connectivity index (χ1v) is 9.82. The topological polar surface area (TPSA) is 45.2 Å². The summed E-state index contributed by atoms with van der Waals surface area (Å²) in [5.74, 6) is -3.66. The third-order valence-corrected chi connectivity index (χ3v) is 5.77. The third-order valence-electron chi connectivity index (χ3n) is 5.77. The van der Waals surface area contributed by atoms with Gasteiger partial charge in [-0.25, -0.2) is 17.6 Å². The van der Waals surface area contributed by atoms with Gasteiger partial charge in [-0.15, -0.1) is 0 Å². The number of pyridine rings is 1. The fourth-order valence-corrected chi connectivity index (χ4v) is 4.29. The fraction of sp³-hybridized carbons (Fsp3) is 0.524. The minimum atomic E-state index is -2.71. The largest absolute Gasteiger partial charge is 0.369 e. The van der Waals surface area contributed by atoms with Gasteiger partial charge in [-0.3, -0.25) is 9.78 Å². The van der Waals surface area contributed by atoms with Gasteiger partial charge in [0.25, 0.3) is 12.3 Å².